The summed E-state index contributed by atoms with van der Waals surface area (Å²) in [5, 5.41) is 5.88. The van der Waals surface area contributed by atoms with E-state index in [9.17, 15) is 76.3 Å². The molecule has 2 bridgehead atoms. The van der Waals surface area contributed by atoms with Crippen molar-refractivity contribution in [3.63, 3.8) is 0 Å². The predicted octanol–water partition coefficient (Wildman–Crippen LogP) is 4.17. The van der Waals surface area contributed by atoms with Crippen LogP contribution in [0.1, 0.15) is 19.3 Å². The van der Waals surface area contributed by atoms with Gasteiger partial charge in [0, 0.05) is 11.8 Å². The molecule has 2 aliphatic carbocycles. The number of rotatable bonds is 10. The molecule has 21 heteroatoms. The molecule has 0 spiro atoms. The van der Waals surface area contributed by atoms with Crippen LogP contribution in [0.2, 0.25) is 0 Å². The van der Waals surface area contributed by atoms with Gasteiger partial charge in [0.1, 0.15) is 0 Å². The first-order valence-corrected chi connectivity index (χ1v) is 9.73. The zero-order valence-corrected chi connectivity index (χ0v) is 17.3. The Hall–Kier alpha value is -1.61. The molecule has 2 aliphatic rings. The summed E-state index contributed by atoms with van der Waals surface area (Å²) in [5.74, 6) is -47.3. The van der Waals surface area contributed by atoms with Crippen molar-refractivity contribution >= 4 is 23.8 Å². The molecule has 2 fully saturated rings. The van der Waals surface area contributed by atoms with Crippen molar-refractivity contribution in [2.24, 2.45) is 11.8 Å². The molecule has 0 N–H and O–H groups in total. The fraction of sp³-hybridized carbons (Fsp3) is 0.867. The number of carbonyl (C=O) groups is 2. The summed E-state index contributed by atoms with van der Waals surface area (Å²) >= 11 is -2.19. The number of ketones is 1. The van der Waals surface area contributed by atoms with Gasteiger partial charge in [0.25, 0.3) is 0 Å². The highest BCUT2D eigenvalue weighted by Gasteiger charge is 2.94. The van der Waals surface area contributed by atoms with Crippen LogP contribution in [0.5, 0.6) is 0 Å². The minimum atomic E-state index is -8.44. The van der Waals surface area contributed by atoms with E-state index >= 15 is 0 Å². The van der Waals surface area contributed by atoms with Crippen LogP contribution in [0, 0.1) is 11.8 Å². The standard InChI is InChI=1S/C15H10F14O6S/c16-9(36-35-34-32,8(31)33-7-5-2-1-4(3-5)6(7)30)10(17,18)11(19,20)12(21,22)13(23,24)14(25,26)15(27,28)29/h4-5,7,32H,1-3H2/p-1. The van der Waals surface area contributed by atoms with E-state index in [4.69, 9.17) is 0 Å². The second kappa shape index (κ2) is 9.00. The summed E-state index contributed by atoms with van der Waals surface area (Å²) in [6.07, 6.45) is -9.73. The molecule has 0 aromatic carbocycles. The third kappa shape index (κ3) is 4.08. The molecule has 0 saturated heterocycles. The third-order valence-corrected chi connectivity index (χ3v) is 6.37. The highest BCUT2D eigenvalue weighted by molar-refractivity contribution is 7.96. The quantitative estimate of drug-likeness (QED) is 0.126. The molecule has 0 amide bonds. The van der Waals surface area contributed by atoms with Crippen LogP contribution in [0.25, 0.3) is 0 Å². The van der Waals surface area contributed by atoms with Gasteiger partial charge in [-0.2, -0.15) is 61.4 Å². The van der Waals surface area contributed by atoms with Crippen LogP contribution in [-0.4, -0.2) is 58.6 Å². The van der Waals surface area contributed by atoms with Crippen LogP contribution in [0.3, 0.4) is 0 Å². The summed E-state index contributed by atoms with van der Waals surface area (Å²) in [5.41, 5.74) is 0. The Morgan fingerprint density at radius 2 is 1.25 bits per heavy atom. The Labute approximate surface area is 193 Å². The minimum absolute atomic E-state index is 0.0321. The van der Waals surface area contributed by atoms with Crippen molar-refractivity contribution in [2.45, 2.75) is 66.2 Å². The molecule has 0 heterocycles. The van der Waals surface area contributed by atoms with E-state index in [1.807, 2.05) is 0 Å². The molecule has 0 aromatic heterocycles. The number of ether oxygens (including phenoxy) is 1. The van der Waals surface area contributed by atoms with Crippen LogP contribution in [0.4, 0.5) is 61.5 Å². The summed E-state index contributed by atoms with van der Waals surface area (Å²) < 4.78 is 195. The fourth-order valence-corrected chi connectivity index (χ4v) is 4.08. The van der Waals surface area contributed by atoms with Gasteiger partial charge in [-0.3, -0.25) is 9.83 Å². The molecule has 4 atom stereocenters. The summed E-state index contributed by atoms with van der Waals surface area (Å²) in [4.78, 5) is 23.9. The molecular formula is C15H9F14O6S-. The zero-order valence-electron chi connectivity index (χ0n) is 16.5. The Balaban J connectivity index is 2.54. The molecule has 0 aromatic rings. The number of alkyl halides is 14. The van der Waals surface area contributed by atoms with Crippen LogP contribution >= 0.6 is 12.0 Å². The number of Topliss-reactive ketones (excluding diaryl/α,β-unsaturated/α-hetero) is 1. The molecule has 36 heavy (non-hydrogen) atoms. The smallest absolute Gasteiger partial charge is 0.460 e. The maximum atomic E-state index is 14.9. The highest BCUT2D eigenvalue weighted by atomic mass is 32.2. The second-order valence-electron chi connectivity index (χ2n) is 7.68. The number of esters is 1. The zero-order chi connectivity index (χ0) is 28.3. The molecule has 2 saturated carbocycles. The third-order valence-electron chi connectivity index (χ3n) is 5.59. The second-order valence-corrected chi connectivity index (χ2v) is 8.55. The maximum Gasteiger partial charge on any atom is 0.460 e. The summed E-state index contributed by atoms with van der Waals surface area (Å²) in [6.45, 7) is 0. The van der Waals surface area contributed by atoms with E-state index in [-0.39, 0.29) is 19.3 Å². The number of carbonyl (C=O) groups excluding carboxylic acids is 2. The summed E-state index contributed by atoms with van der Waals surface area (Å²) in [7, 11) is 0. The lowest BCUT2D eigenvalue weighted by Crippen LogP contribution is -2.73. The van der Waals surface area contributed by atoms with Crippen LogP contribution < -0.4 is 5.26 Å². The Morgan fingerprint density at radius 3 is 1.67 bits per heavy atom. The topological polar surface area (TPSA) is 84.9 Å². The molecule has 0 radical (unpaired) electrons. The fourth-order valence-electron chi connectivity index (χ4n) is 3.61. The SMILES string of the molecule is O=C1C2CCC(C2)C1OC(=O)C(F)(SOO[O-])C(F)(F)C(F)(F)C(F)(F)C(F)(F)C(F)(F)C(F)(F)F. The van der Waals surface area contributed by atoms with E-state index in [1.165, 1.54) is 0 Å². The molecule has 0 aliphatic heterocycles. The van der Waals surface area contributed by atoms with Crippen LogP contribution in [-0.2, 0) is 23.7 Å². The molecular weight excluding hydrogens is 574 g/mol. The first-order valence-electron chi connectivity index (χ1n) is 8.99. The number of halogens is 14. The normalized spacial score (nSPS) is 25.8. The van der Waals surface area contributed by atoms with Crippen molar-refractivity contribution in [1.29, 1.82) is 0 Å². The van der Waals surface area contributed by atoms with Gasteiger partial charge in [0.2, 0.25) is 0 Å². The highest BCUT2D eigenvalue weighted by Crippen LogP contribution is 2.63. The monoisotopic (exact) mass is 583 g/mol. The lowest BCUT2D eigenvalue weighted by Gasteiger charge is -2.42. The van der Waals surface area contributed by atoms with Crippen molar-refractivity contribution in [3.8, 4) is 0 Å². The average molecular weight is 583 g/mol. The minimum Gasteiger partial charge on any atom is -0.691 e. The van der Waals surface area contributed by atoms with Crippen LogP contribution in [0.15, 0.2) is 0 Å². The van der Waals surface area contributed by atoms with Gasteiger partial charge in [0.05, 0.1) is 12.0 Å². The summed E-state index contributed by atoms with van der Waals surface area (Å²) in [6, 6.07) is 0. The Kier molecular flexibility index (Phi) is 7.65. The van der Waals surface area contributed by atoms with E-state index in [0.717, 1.165) is 0 Å². The lowest BCUT2D eigenvalue weighted by molar-refractivity contribution is -0.777. The average Bonchev–Trinajstić information content (AvgIpc) is 3.33. The first-order chi connectivity index (χ1) is 16.0. The van der Waals surface area contributed by atoms with Crippen molar-refractivity contribution in [2.75, 3.05) is 0 Å². The van der Waals surface area contributed by atoms with E-state index in [0.29, 0.717) is 0 Å². The van der Waals surface area contributed by atoms with E-state index < -0.39 is 82.5 Å². The predicted molar refractivity (Wildman–Crippen MR) is 80.1 cm³/mol. The van der Waals surface area contributed by atoms with E-state index in [1.54, 1.807) is 0 Å². The molecule has 2 rings (SSSR count). The number of hydrogen-bond donors (Lipinski definition) is 0. The largest absolute Gasteiger partial charge is 0.691 e. The van der Waals surface area contributed by atoms with Crippen molar-refractivity contribution in [1.82, 2.24) is 0 Å². The first kappa shape index (κ1) is 30.6. The Bertz CT molecular complexity index is 879. The maximum absolute atomic E-state index is 14.9. The van der Waals surface area contributed by atoms with Gasteiger partial charge < -0.3 is 9.99 Å². The Morgan fingerprint density at radius 1 is 0.778 bits per heavy atom. The van der Waals surface area contributed by atoms with Gasteiger partial charge in [-0.1, -0.05) is 0 Å². The van der Waals surface area contributed by atoms with Gasteiger partial charge in [-0.05, 0) is 19.3 Å². The number of hydrogen-bond acceptors (Lipinski definition) is 7. The van der Waals surface area contributed by atoms with E-state index in [2.05, 4.69) is 14.1 Å². The van der Waals surface area contributed by atoms with Gasteiger partial charge in [0.15, 0.2) is 11.9 Å². The van der Waals surface area contributed by atoms with Gasteiger partial charge >= 0.3 is 46.8 Å². The number of fused-ring (bicyclic) bond motifs is 2. The van der Waals surface area contributed by atoms with Gasteiger partial charge in [-0.15, -0.1) is 0 Å². The van der Waals surface area contributed by atoms with Crippen molar-refractivity contribution < 1.29 is 90.4 Å². The lowest BCUT2D eigenvalue weighted by atomic mass is 9.91. The van der Waals surface area contributed by atoms with Gasteiger partial charge in [-0.25, -0.2) is 9.18 Å². The van der Waals surface area contributed by atoms with Crippen molar-refractivity contribution in [3.05, 3.63) is 0 Å². The molecule has 210 valence electrons. The molecule has 4 unspecified atom stereocenters. The molecule has 6 nitrogen and oxygen atoms in total.